The molecule has 0 N–H and O–H groups in total. The first-order valence-corrected chi connectivity index (χ1v) is 11.7. The van der Waals surface area contributed by atoms with Gasteiger partial charge in [0.15, 0.2) is 5.82 Å². The molecule has 3 rings (SSSR count). The second-order valence-electron chi connectivity index (χ2n) is 9.94. The Balaban J connectivity index is 2.00. The zero-order valence-corrected chi connectivity index (χ0v) is 22.0. The highest BCUT2D eigenvalue weighted by molar-refractivity contribution is 6.28. The van der Waals surface area contributed by atoms with Crippen molar-refractivity contribution in [2.75, 3.05) is 36.1 Å². The molecule has 1 aliphatic rings. The number of morpholine rings is 1. The van der Waals surface area contributed by atoms with Crippen molar-refractivity contribution in [1.82, 2.24) is 24.9 Å². The number of ether oxygens (including phenoxy) is 3. The van der Waals surface area contributed by atoms with Crippen LogP contribution >= 0.6 is 11.6 Å². The van der Waals surface area contributed by atoms with E-state index in [1.807, 2.05) is 0 Å². The molecule has 1 fully saturated rings. The van der Waals surface area contributed by atoms with E-state index in [1.54, 1.807) is 46.4 Å². The van der Waals surface area contributed by atoms with Crippen LogP contribution < -0.4 is 9.80 Å². The fourth-order valence-electron chi connectivity index (χ4n) is 3.24. The normalized spacial score (nSPS) is 14.5. The van der Waals surface area contributed by atoms with Gasteiger partial charge in [-0.3, -0.25) is 0 Å². The molecule has 0 aliphatic carbocycles. The van der Waals surface area contributed by atoms with Crippen molar-refractivity contribution in [3.05, 3.63) is 17.2 Å². The van der Waals surface area contributed by atoms with E-state index < -0.39 is 41.5 Å². The van der Waals surface area contributed by atoms with Crippen molar-refractivity contribution < 1.29 is 32.6 Å². The molecule has 1 amide bonds. The summed E-state index contributed by atoms with van der Waals surface area (Å²) in [5, 5.41) is -0.201. The molecular formula is C22H28ClF2N7O5. The Morgan fingerprint density at radius 3 is 2.30 bits per heavy atom. The molecule has 2 aromatic heterocycles. The Kier molecular flexibility index (Phi) is 8.42. The topological polar surface area (TPSA) is 133 Å². The fourth-order valence-corrected chi connectivity index (χ4v) is 3.40. The van der Waals surface area contributed by atoms with E-state index in [1.165, 1.54) is 0 Å². The molecular weight excluding hydrogens is 516 g/mol. The van der Waals surface area contributed by atoms with Gasteiger partial charge in [0.2, 0.25) is 17.2 Å². The van der Waals surface area contributed by atoms with Crippen LogP contribution in [0.3, 0.4) is 0 Å². The molecule has 0 spiro atoms. The number of carbonyl (C=O) groups is 2. The Hall–Kier alpha value is -3.26. The maximum atomic E-state index is 14.2. The Morgan fingerprint density at radius 2 is 1.73 bits per heavy atom. The largest absolute Gasteiger partial charge is 0.517 e. The number of nitrogens with zero attached hydrogens (tertiary/aromatic N) is 7. The lowest BCUT2D eigenvalue weighted by molar-refractivity contribution is 0.00950. The Bertz CT molecular complexity index is 1150. The lowest BCUT2D eigenvalue weighted by Gasteiger charge is -2.32. The maximum absolute atomic E-state index is 14.2. The van der Waals surface area contributed by atoms with Crippen molar-refractivity contribution in [3.8, 4) is 11.4 Å². The molecule has 37 heavy (non-hydrogen) atoms. The van der Waals surface area contributed by atoms with Gasteiger partial charge in [0.05, 0.1) is 18.8 Å². The molecule has 202 valence electrons. The van der Waals surface area contributed by atoms with E-state index >= 15 is 0 Å². The van der Waals surface area contributed by atoms with Crippen LogP contribution in [0.25, 0.3) is 11.4 Å². The Labute approximate surface area is 217 Å². The third-order valence-electron chi connectivity index (χ3n) is 4.76. The van der Waals surface area contributed by atoms with E-state index in [-0.39, 0.29) is 22.6 Å². The van der Waals surface area contributed by atoms with Gasteiger partial charge < -0.3 is 19.1 Å². The number of hydrogen-bond acceptors (Lipinski definition) is 11. The van der Waals surface area contributed by atoms with Crippen LogP contribution in [0.5, 0.6) is 0 Å². The van der Waals surface area contributed by atoms with Gasteiger partial charge in [0.25, 0.3) is 6.43 Å². The fraction of sp³-hybridized carbons (Fsp3) is 0.591. The van der Waals surface area contributed by atoms with Crippen molar-refractivity contribution in [1.29, 1.82) is 0 Å². The predicted octanol–water partition coefficient (Wildman–Crippen LogP) is 4.43. The van der Waals surface area contributed by atoms with Crippen molar-refractivity contribution in [3.63, 3.8) is 0 Å². The molecule has 2 aromatic rings. The number of alkyl halides is 2. The second kappa shape index (κ2) is 11.0. The van der Waals surface area contributed by atoms with Crippen LogP contribution in [0.1, 0.15) is 53.7 Å². The van der Waals surface area contributed by atoms with Gasteiger partial charge in [-0.15, -0.1) is 0 Å². The number of anilines is 2. The number of halogens is 3. The summed E-state index contributed by atoms with van der Waals surface area (Å²) < 4.78 is 43.4. The van der Waals surface area contributed by atoms with Gasteiger partial charge >= 0.3 is 12.2 Å². The van der Waals surface area contributed by atoms with Gasteiger partial charge in [0.1, 0.15) is 11.3 Å². The van der Waals surface area contributed by atoms with Crippen molar-refractivity contribution in [2.24, 2.45) is 0 Å². The zero-order chi connectivity index (χ0) is 27.5. The number of amides is 1. The van der Waals surface area contributed by atoms with E-state index in [0.717, 1.165) is 11.1 Å². The van der Waals surface area contributed by atoms with Crippen LogP contribution in [-0.2, 0) is 14.2 Å². The zero-order valence-electron chi connectivity index (χ0n) is 21.3. The van der Waals surface area contributed by atoms with Gasteiger partial charge in [0, 0.05) is 24.8 Å². The van der Waals surface area contributed by atoms with Crippen LogP contribution in [0, 0.1) is 0 Å². The maximum Gasteiger partial charge on any atom is 0.517 e. The SMILES string of the molecule is CC(C)(C)OC(=O)OC(=O)N(c1ncc(-c2nc(Cl)nc(N3CCOCC3)n2)c(C(F)F)n1)C(C)(C)C. The van der Waals surface area contributed by atoms with Crippen LogP contribution in [0.15, 0.2) is 6.20 Å². The summed E-state index contributed by atoms with van der Waals surface area (Å²) in [6, 6.07) is 0. The van der Waals surface area contributed by atoms with Crippen LogP contribution in [0.2, 0.25) is 5.28 Å². The summed E-state index contributed by atoms with van der Waals surface area (Å²) in [5.74, 6) is -0.393. The minimum absolute atomic E-state index is 0.165. The lowest BCUT2D eigenvalue weighted by Crippen LogP contribution is -2.48. The van der Waals surface area contributed by atoms with Crippen molar-refractivity contribution in [2.45, 2.75) is 59.1 Å². The summed E-state index contributed by atoms with van der Waals surface area (Å²) >= 11 is 6.07. The molecule has 15 heteroatoms. The first-order chi connectivity index (χ1) is 17.2. The van der Waals surface area contributed by atoms with E-state index in [0.29, 0.717) is 26.3 Å². The minimum atomic E-state index is -3.09. The summed E-state index contributed by atoms with van der Waals surface area (Å²) in [7, 11) is 0. The highest BCUT2D eigenvalue weighted by Crippen LogP contribution is 2.32. The molecule has 0 radical (unpaired) electrons. The summed E-state index contributed by atoms with van der Waals surface area (Å²) in [5.41, 5.74) is -2.94. The number of carbonyl (C=O) groups excluding carboxylic acids is 2. The molecule has 0 aromatic carbocycles. The molecule has 0 atom stereocenters. The molecule has 12 nitrogen and oxygen atoms in total. The van der Waals surface area contributed by atoms with E-state index in [2.05, 4.69) is 24.9 Å². The molecule has 1 saturated heterocycles. The Morgan fingerprint density at radius 1 is 1.08 bits per heavy atom. The molecule has 0 unspecified atom stereocenters. The van der Waals surface area contributed by atoms with Gasteiger partial charge in [-0.2, -0.15) is 15.0 Å². The highest BCUT2D eigenvalue weighted by atomic mass is 35.5. The standard InChI is InChI=1S/C22H28ClF2N7O5/c1-21(2,3)32(19(33)36-20(34)37-22(4,5)6)17-26-11-12(13(27-17)14(24)25)15-28-16(23)30-18(29-15)31-7-9-35-10-8-31/h11,14H,7-10H2,1-6H3. The molecule has 3 heterocycles. The monoisotopic (exact) mass is 543 g/mol. The van der Waals surface area contributed by atoms with Gasteiger partial charge in [-0.05, 0) is 53.1 Å². The number of aromatic nitrogens is 5. The highest BCUT2D eigenvalue weighted by Gasteiger charge is 2.36. The minimum Gasteiger partial charge on any atom is -0.428 e. The smallest absolute Gasteiger partial charge is 0.428 e. The second-order valence-corrected chi connectivity index (χ2v) is 10.3. The van der Waals surface area contributed by atoms with E-state index in [9.17, 15) is 18.4 Å². The van der Waals surface area contributed by atoms with Crippen LogP contribution in [-0.4, -0.2) is 74.6 Å². The van der Waals surface area contributed by atoms with Gasteiger partial charge in [-0.25, -0.2) is 33.2 Å². The number of hydrogen-bond donors (Lipinski definition) is 0. The average Bonchev–Trinajstić information content (AvgIpc) is 2.77. The third kappa shape index (κ3) is 7.38. The van der Waals surface area contributed by atoms with Crippen molar-refractivity contribution >= 4 is 35.7 Å². The first-order valence-electron chi connectivity index (χ1n) is 11.3. The lowest BCUT2D eigenvalue weighted by atomic mass is 10.1. The molecule has 0 saturated carbocycles. The number of rotatable bonds is 4. The average molecular weight is 544 g/mol. The summed E-state index contributed by atoms with van der Waals surface area (Å²) in [6.07, 6.45) is -4.50. The van der Waals surface area contributed by atoms with Gasteiger partial charge in [-0.1, -0.05) is 0 Å². The van der Waals surface area contributed by atoms with Crippen LogP contribution in [0.4, 0.5) is 30.3 Å². The summed E-state index contributed by atoms with van der Waals surface area (Å²) in [6.45, 7) is 11.4. The summed E-state index contributed by atoms with van der Waals surface area (Å²) in [4.78, 5) is 47.9. The predicted molar refractivity (Wildman–Crippen MR) is 129 cm³/mol. The molecule has 1 aliphatic heterocycles. The molecule has 0 bridgehead atoms. The quantitative estimate of drug-likeness (QED) is 0.400. The third-order valence-corrected chi connectivity index (χ3v) is 4.93. The first kappa shape index (κ1) is 28.3. The van der Waals surface area contributed by atoms with E-state index in [4.69, 9.17) is 25.8 Å².